The van der Waals surface area contributed by atoms with Crippen LogP contribution in [0.4, 0.5) is 0 Å². The van der Waals surface area contributed by atoms with Crippen LogP contribution in [0.1, 0.15) is 35.3 Å². The van der Waals surface area contributed by atoms with Crippen molar-refractivity contribution < 1.29 is 9.59 Å². The molecule has 0 radical (unpaired) electrons. The number of rotatable bonds is 4. The second kappa shape index (κ2) is 7.92. The Morgan fingerprint density at radius 2 is 1.69 bits per heavy atom. The molecule has 1 aliphatic heterocycles. The molecule has 4 nitrogen and oxygen atoms in total. The van der Waals surface area contributed by atoms with Gasteiger partial charge in [0.05, 0.1) is 10.6 Å². The van der Waals surface area contributed by atoms with Crippen molar-refractivity contribution in [2.24, 2.45) is 5.92 Å². The summed E-state index contributed by atoms with van der Waals surface area (Å²) in [7, 11) is 0. The van der Waals surface area contributed by atoms with E-state index < -0.39 is 6.04 Å². The van der Waals surface area contributed by atoms with Crippen molar-refractivity contribution in [3.8, 4) is 0 Å². The van der Waals surface area contributed by atoms with Crippen LogP contribution in [0.3, 0.4) is 0 Å². The van der Waals surface area contributed by atoms with Crippen LogP contribution < -0.4 is 5.32 Å². The van der Waals surface area contributed by atoms with E-state index in [2.05, 4.69) is 17.4 Å². The molecule has 0 fully saturated rings. The third-order valence-corrected chi connectivity index (χ3v) is 5.11. The summed E-state index contributed by atoms with van der Waals surface area (Å²) in [5, 5.41) is 3.26. The van der Waals surface area contributed by atoms with E-state index in [4.69, 9.17) is 11.6 Å². The highest BCUT2D eigenvalue weighted by Gasteiger charge is 2.31. The fraction of sp³-hybridized carbons (Fsp3) is 0.333. The van der Waals surface area contributed by atoms with Gasteiger partial charge in [-0.25, -0.2) is 0 Å². The minimum absolute atomic E-state index is 0.0221. The molecule has 5 heteroatoms. The molecule has 0 spiro atoms. The number of hydrogen-bond donors (Lipinski definition) is 1. The van der Waals surface area contributed by atoms with Crippen molar-refractivity contribution in [3.63, 3.8) is 0 Å². The van der Waals surface area contributed by atoms with Gasteiger partial charge in [-0.15, -0.1) is 0 Å². The number of nitrogens with zero attached hydrogens (tertiary/aromatic N) is 1. The number of carbonyl (C=O) groups excluding carboxylic acids is 2. The minimum atomic E-state index is -0.580. The largest absolute Gasteiger partial charge is 0.340 e. The standard InChI is InChI=1S/C21H23ClN2O2/c1-14(2)19(23-20(25)17-9-5-6-10-18(17)22)21(26)24-12-11-15-7-3-4-8-16(15)13-24/h3-10,14,19H,11-13H2,1-2H3,(H,23,25)/t19-/m1/s1. The molecular formula is C21H23ClN2O2. The highest BCUT2D eigenvalue weighted by Crippen LogP contribution is 2.21. The second-order valence-corrected chi connectivity index (χ2v) is 7.36. The summed E-state index contributed by atoms with van der Waals surface area (Å²) in [6.45, 7) is 5.13. The van der Waals surface area contributed by atoms with E-state index >= 15 is 0 Å². The zero-order valence-electron chi connectivity index (χ0n) is 15.0. The Labute approximate surface area is 159 Å². The van der Waals surface area contributed by atoms with Crippen LogP contribution in [0.15, 0.2) is 48.5 Å². The highest BCUT2D eigenvalue weighted by atomic mass is 35.5. The second-order valence-electron chi connectivity index (χ2n) is 6.95. The van der Waals surface area contributed by atoms with Gasteiger partial charge in [-0.3, -0.25) is 9.59 Å². The Morgan fingerprint density at radius 3 is 2.38 bits per heavy atom. The summed E-state index contributed by atoms with van der Waals surface area (Å²) in [6, 6.07) is 14.5. The highest BCUT2D eigenvalue weighted by molar-refractivity contribution is 6.33. The van der Waals surface area contributed by atoms with E-state index in [1.807, 2.05) is 30.9 Å². The molecule has 3 rings (SSSR count). The first-order chi connectivity index (χ1) is 12.5. The fourth-order valence-corrected chi connectivity index (χ4v) is 3.48. The van der Waals surface area contributed by atoms with E-state index in [0.29, 0.717) is 23.7 Å². The van der Waals surface area contributed by atoms with Gasteiger partial charge in [0.1, 0.15) is 6.04 Å². The molecule has 0 aliphatic carbocycles. The van der Waals surface area contributed by atoms with Gasteiger partial charge in [0.15, 0.2) is 0 Å². The van der Waals surface area contributed by atoms with Gasteiger partial charge < -0.3 is 10.2 Å². The average Bonchev–Trinajstić information content (AvgIpc) is 2.65. The predicted octanol–water partition coefficient (Wildman–Crippen LogP) is 3.68. The van der Waals surface area contributed by atoms with Crippen LogP contribution >= 0.6 is 11.6 Å². The lowest BCUT2D eigenvalue weighted by molar-refractivity contribution is -0.135. The van der Waals surface area contributed by atoms with E-state index in [1.54, 1.807) is 24.3 Å². The lowest BCUT2D eigenvalue weighted by atomic mass is 9.97. The van der Waals surface area contributed by atoms with Crippen LogP contribution in [-0.2, 0) is 17.8 Å². The number of hydrogen-bond acceptors (Lipinski definition) is 2. The molecule has 0 saturated heterocycles. The summed E-state index contributed by atoms with van der Waals surface area (Å²) in [4.78, 5) is 27.5. The molecule has 0 aromatic heterocycles. The molecule has 0 saturated carbocycles. The molecule has 0 bridgehead atoms. The Kier molecular flexibility index (Phi) is 5.62. The van der Waals surface area contributed by atoms with Gasteiger partial charge in [0.25, 0.3) is 5.91 Å². The van der Waals surface area contributed by atoms with Crippen molar-refractivity contribution in [1.29, 1.82) is 0 Å². The number of carbonyl (C=O) groups is 2. The predicted molar refractivity (Wildman–Crippen MR) is 103 cm³/mol. The average molecular weight is 371 g/mol. The molecular weight excluding hydrogens is 348 g/mol. The first-order valence-electron chi connectivity index (χ1n) is 8.88. The SMILES string of the molecule is CC(C)[C@@H](NC(=O)c1ccccc1Cl)C(=O)N1CCc2ccccc2C1. The van der Waals surface area contributed by atoms with E-state index in [-0.39, 0.29) is 17.7 Å². The molecule has 26 heavy (non-hydrogen) atoms. The van der Waals surface area contributed by atoms with E-state index in [0.717, 1.165) is 6.42 Å². The summed E-state index contributed by atoms with van der Waals surface area (Å²) in [5.74, 6) is -0.388. The van der Waals surface area contributed by atoms with Crippen molar-refractivity contribution in [2.45, 2.75) is 32.9 Å². The number of nitrogens with one attached hydrogen (secondary N) is 1. The van der Waals surface area contributed by atoms with Gasteiger partial charge in [0, 0.05) is 13.1 Å². The number of benzene rings is 2. The van der Waals surface area contributed by atoms with Crippen molar-refractivity contribution in [2.75, 3.05) is 6.54 Å². The monoisotopic (exact) mass is 370 g/mol. The third kappa shape index (κ3) is 3.91. The van der Waals surface area contributed by atoms with Gasteiger partial charge >= 0.3 is 0 Å². The van der Waals surface area contributed by atoms with E-state index in [1.165, 1.54) is 11.1 Å². The Hall–Kier alpha value is -2.33. The Morgan fingerprint density at radius 1 is 1.04 bits per heavy atom. The first kappa shape index (κ1) is 18.5. The summed E-state index contributed by atoms with van der Waals surface area (Å²) in [6.07, 6.45) is 0.838. The van der Waals surface area contributed by atoms with Crippen LogP contribution in [0.5, 0.6) is 0 Å². The molecule has 2 amide bonds. The summed E-state index contributed by atoms with van der Waals surface area (Å²) < 4.78 is 0. The van der Waals surface area contributed by atoms with E-state index in [9.17, 15) is 9.59 Å². The van der Waals surface area contributed by atoms with Crippen LogP contribution in [-0.4, -0.2) is 29.3 Å². The summed E-state index contributed by atoms with van der Waals surface area (Å²) >= 11 is 6.11. The lowest BCUT2D eigenvalue weighted by Crippen LogP contribution is -2.52. The van der Waals surface area contributed by atoms with Crippen LogP contribution in [0.2, 0.25) is 5.02 Å². The van der Waals surface area contributed by atoms with Crippen LogP contribution in [0, 0.1) is 5.92 Å². The minimum Gasteiger partial charge on any atom is -0.340 e. The van der Waals surface area contributed by atoms with Gasteiger partial charge in [-0.05, 0) is 35.6 Å². The maximum atomic E-state index is 13.1. The number of fused-ring (bicyclic) bond motifs is 1. The van der Waals surface area contributed by atoms with Crippen molar-refractivity contribution in [1.82, 2.24) is 10.2 Å². The van der Waals surface area contributed by atoms with Crippen molar-refractivity contribution in [3.05, 3.63) is 70.2 Å². The molecule has 2 aromatic carbocycles. The first-order valence-corrected chi connectivity index (χ1v) is 9.26. The maximum absolute atomic E-state index is 13.1. The normalized spacial score (nSPS) is 14.7. The molecule has 1 aliphatic rings. The van der Waals surface area contributed by atoms with Crippen LogP contribution in [0.25, 0.3) is 0 Å². The molecule has 1 atom stereocenters. The molecule has 1 N–H and O–H groups in total. The zero-order valence-corrected chi connectivity index (χ0v) is 15.8. The smallest absolute Gasteiger partial charge is 0.253 e. The fourth-order valence-electron chi connectivity index (χ4n) is 3.26. The summed E-state index contributed by atoms with van der Waals surface area (Å²) in [5.41, 5.74) is 2.85. The number of amides is 2. The lowest BCUT2D eigenvalue weighted by Gasteiger charge is -2.33. The van der Waals surface area contributed by atoms with Gasteiger partial charge in [0.2, 0.25) is 5.91 Å². The molecule has 136 valence electrons. The third-order valence-electron chi connectivity index (χ3n) is 4.78. The molecule has 1 heterocycles. The quantitative estimate of drug-likeness (QED) is 0.892. The maximum Gasteiger partial charge on any atom is 0.253 e. The molecule has 0 unspecified atom stereocenters. The van der Waals surface area contributed by atoms with Gasteiger partial charge in [-0.2, -0.15) is 0 Å². The number of halogens is 1. The topological polar surface area (TPSA) is 49.4 Å². The zero-order chi connectivity index (χ0) is 18.7. The Balaban J connectivity index is 1.75. The van der Waals surface area contributed by atoms with Gasteiger partial charge in [-0.1, -0.05) is 61.8 Å². The Bertz CT molecular complexity index is 819. The van der Waals surface area contributed by atoms with Crippen molar-refractivity contribution >= 4 is 23.4 Å². The molecule has 2 aromatic rings.